The van der Waals surface area contributed by atoms with Crippen molar-refractivity contribution in [2.75, 3.05) is 19.6 Å². The lowest BCUT2D eigenvalue weighted by molar-refractivity contribution is -0.137. The first-order chi connectivity index (χ1) is 27.3. The van der Waals surface area contributed by atoms with Crippen LogP contribution in [-0.2, 0) is 32.9 Å². The van der Waals surface area contributed by atoms with Crippen molar-refractivity contribution in [2.24, 2.45) is 11.8 Å². The van der Waals surface area contributed by atoms with Gasteiger partial charge in [0.2, 0.25) is 17.7 Å². The van der Waals surface area contributed by atoms with E-state index in [1.54, 1.807) is 6.07 Å². The summed E-state index contributed by atoms with van der Waals surface area (Å²) in [7, 11) is 0. The first kappa shape index (κ1) is 36.0. The molecule has 4 aromatic rings. The number of imide groups is 1. The molecule has 1 N–H and O–H groups in total. The average molecular weight is 772 g/mol. The Morgan fingerprint density at radius 1 is 0.839 bits per heavy atom. The van der Waals surface area contributed by atoms with Crippen molar-refractivity contribution in [3.63, 3.8) is 0 Å². The van der Waals surface area contributed by atoms with Gasteiger partial charge in [0.1, 0.15) is 5.82 Å². The number of aromatic nitrogens is 2. The normalized spacial score (nSPS) is 24.9. The van der Waals surface area contributed by atoms with E-state index >= 15 is 0 Å². The zero-order valence-electron chi connectivity index (χ0n) is 32.0. The molecule has 2 saturated carbocycles. The predicted octanol–water partition coefficient (Wildman–Crippen LogP) is 7.65. The third kappa shape index (κ3) is 6.12. The summed E-state index contributed by atoms with van der Waals surface area (Å²) in [6, 6.07) is 19.0. The highest BCUT2D eigenvalue weighted by atomic mass is 35.5. The topological polar surface area (TPSA) is 105 Å². The predicted molar refractivity (Wildman–Crippen MR) is 216 cm³/mol. The van der Waals surface area contributed by atoms with Crippen LogP contribution in [0.4, 0.5) is 0 Å². The summed E-state index contributed by atoms with van der Waals surface area (Å²) in [6.07, 6.45) is 12.8. The molecule has 10 rings (SSSR count). The van der Waals surface area contributed by atoms with E-state index < -0.39 is 0 Å². The molecule has 0 radical (unpaired) electrons. The molecule has 56 heavy (non-hydrogen) atoms. The molecule has 3 aromatic carbocycles. The summed E-state index contributed by atoms with van der Waals surface area (Å²) in [4.78, 5) is 60.6. The Kier molecular flexibility index (Phi) is 9.16. The van der Waals surface area contributed by atoms with Crippen LogP contribution >= 0.6 is 11.6 Å². The van der Waals surface area contributed by atoms with Gasteiger partial charge in [0.15, 0.2) is 0 Å². The van der Waals surface area contributed by atoms with Crippen LogP contribution in [0.5, 0.6) is 0 Å². The van der Waals surface area contributed by atoms with Crippen LogP contribution in [0.3, 0.4) is 0 Å². The van der Waals surface area contributed by atoms with Crippen LogP contribution in [0.1, 0.15) is 129 Å². The standard InChI is InChI=1S/C46H50ClN5O4/c47-37-5-4-6-38-41(37)43(55)49-45-46(19-2-1-3-20-46)36-15-13-31(24-39(36)52(38)45)29-17-21-50(22-18-29)25-28-7-9-30(10-8-28)44(56)51-26-33-12-11-32(23-34(33)27-51)35-14-16-40(53)48-42(35)54/h4-6,11-13,15,23-24,28-30,35H,1-3,7-10,14,16-22,25-27H2,(H,48,53,54). The number of piperidine rings is 2. The number of rotatable bonds is 5. The van der Waals surface area contributed by atoms with Crippen molar-refractivity contribution in [3.8, 4) is 5.69 Å². The van der Waals surface area contributed by atoms with E-state index in [4.69, 9.17) is 16.6 Å². The Labute approximate surface area is 332 Å². The molecule has 9 nitrogen and oxygen atoms in total. The molecule has 3 amide bonds. The number of amides is 3. The quantitative estimate of drug-likeness (QED) is 0.209. The molecule has 1 atom stereocenters. The summed E-state index contributed by atoms with van der Waals surface area (Å²) in [5.74, 6) is 1.65. The van der Waals surface area contributed by atoms with Gasteiger partial charge in [-0.05, 0) is 129 Å². The minimum absolute atomic E-state index is 0.0834. The van der Waals surface area contributed by atoms with Gasteiger partial charge in [0.05, 0.1) is 32.9 Å². The third-order valence-electron chi connectivity index (χ3n) is 14.5. The molecule has 5 heterocycles. The van der Waals surface area contributed by atoms with Gasteiger partial charge < -0.3 is 9.80 Å². The molecule has 1 unspecified atom stereocenters. The number of nitrogens with one attached hydrogen (secondary N) is 1. The van der Waals surface area contributed by atoms with Crippen LogP contribution < -0.4 is 10.9 Å². The van der Waals surface area contributed by atoms with Crippen molar-refractivity contribution in [2.45, 2.75) is 114 Å². The minimum atomic E-state index is -0.302. The van der Waals surface area contributed by atoms with E-state index in [0.717, 1.165) is 112 Å². The lowest BCUT2D eigenvalue weighted by Crippen LogP contribution is -2.39. The van der Waals surface area contributed by atoms with Gasteiger partial charge in [-0.2, -0.15) is 4.98 Å². The van der Waals surface area contributed by atoms with Crippen molar-refractivity contribution in [1.29, 1.82) is 0 Å². The molecular formula is C46H50ClN5O4. The first-order valence-corrected chi connectivity index (χ1v) is 21.5. The number of nitrogens with zero attached hydrogens (tertiary/aromatic N) is 4. The summed E-state index contributed by atoms with van der Waals surface area (Å²) >= 11 is 6.61. The molecule has 290 valence electrons. The maximum Gasteiger partial charge on any atom is 0.282 e. The van der Waals surface area contributed by atoms with Crippen LogP contribution in [0.15, 0.2) is 59.4 Å². The van der Waals surface area contributed by atoms with E-state index in [2.05, 4.69) is 45.1 Å². The lowest BCUT2D eigenvalue weighted by atomic mass is 9.69. The second kappa shape index (κ2) is 14.2. The summed E-state index contributed by atoms with van der Waals surface area (Å²) in [5, 5.41) is 3.45. The highest BCUT2D eigenvalue weighted by molar-refractivity contribution is 6.35. The Morgan fingerprint density at radius 3 is 2.39 bits per heavy atom. The maximum atomic E-state index is 13.7. The molecule has 0 bridgehead atoms. The maximum absolute atomic E-state index is 13.7. The molecule has 1 aromatic heterocycles. The van der Waals surface area contributed by atoms with Crippen LogP contribution in [0.25, 0.3) is 16.6 Å². The van der Waals surface area contributed by atoms with Gasteiger partial charge in [-0.1, -0.05) is 67.3 Å². The fourth-order valence-corrected chi connectivity index (χ4v) is 11.7. The zero-order valence-corrected chi connectivity index (χ0v) is 32.8. The van der Waals surface area contributed by atoms with Crippen LogP contribution in [0.2, 0.25) is 5.02 Å². The molecule has 6 aliphatic rings. The molecule has 10 heteroatoms. The van der Waals surface area contributed by atoms with Crippen LogP contribution in [-0.4, -0.2) is 56.7 Å². The number of carbonyl (C=O) groups is 3. The number of likely N-dealkylation sites (tertiary alicyclic amines) is 1. The summed E-state index contributed by atoms with van der Waals surface area (Å²) in [6.45, 7) is 4.51. The molecule has 4 aliphatic heterocycles. The summed E-state index contributed by atoms with van der Waals surface area (Å²) in [5.41, 5.74) is 7.55. The van der Waals surface area contributed by atoms with E-state index in [9.17, 15) is 19.2 Å². The van der Waals surface area contributed by atoms with Gasteiger partial charge in [-0.25, -0.2) is 0 Å². The highest BCUT2D eigenvalue weighted by Gasteiger charge is 2.47. The summed E-state index contributed by atoms with van der Waals surface area (Å²) < 4.78 is 2.27. The van der Waals surface area contributed by atoms with Crippen molar-refractivity contribution in [3.05, 3.63) is 104 Å². The van der Waals surface area contributed by atoms with E-state index in [1.807, 2.05) is 23.1 Å². The molecule has 1 spiro atoms. The van der Waals surface area contributed by atoms with Crippen LogP contribution in [0, 0.1) is 11.8 Å². The average Bonchev–Trinajstić information content (AvgIpc) is 3.75. The van der Waals surface area contributed by atoms with Gasteiger partial charge in [0.25, 0.3) is 5.56 Å². The number of halogens is 1. The number of hydrogen-bond donors (Lipinski definition) is 1. The van der Waals surface area contributed by atoms with Crippen molar-refractivity contribution >= 4 is 40.2 Å². The Balaban J connectivity index is 0.760. The number of hydrogen-bond acceptors (Lipinski definition) is 6. The van der Waals surface area contributed by atoms with Crippen molar-refractivity contribution in [1.82, 2.24) is 24.7 Å². The first-order valence-electron chi connectivity index (χ1n) is 21.1. The Bertz CT molecular complexity index is 2310. The fraction of sp³-hybridized carbons (Fsp3) is 0.500. The number of benzene rings is 3. The minimum Gasteiger partial charge on any atom is -0.334 e. The van der Waals surface area contributed by atoms with Gasteiger partial charge >= 0.3 is 0 Å². The Hall–Kier alpha value is -4.34. The van der Waals surface area contributed by atoms with E-state index in [-0.39, 0.29) is 40.5 Å². The fourth-order valence-electron chi connectivity index (χ4n) is 11.4. The monoisotopic (exact) mass is 771 g/mol. The smallest absolute Gasteiger partial charge is 0.282 e. The zero-order chi connectivity index (χ0) is 38.1. The van der Waals surface area contributed by atoms with Gasteiger partial charge in [-0.15, -0.1) is 0 Å². The molecule has 2 saturated heterocycles. The van der Waals surface area contributed by atoms with Gasteiger partial charge in [0, 0.05) is 32.0 Å². The largest absolute Gasteiger partial charge is 0.334 e. The van der Waals surface area contributed by atoms with Crippen molar-refractivity contribution < 1.29 is 14.4 Å². The SMILES string of the molecule is O=C1CCC(c2ccc3c(c2)CN(C(=O)C2CCC(CN4CCC(c5ccc6c(c5)-n5c(nc(=O)c7c(Cl)cccc75)C65CCCCC5)CC4)CC2)C3)C(=O)N1. The highest BCUT2D eigenvalue weighted by Crippen LogP contribution is 2.52. The Morgan fingerprint density at radius 2 is 1.61 bits per heavy atom. The lowest BCUT2D eigenvalue weighted by Gasteiger charge is -2.37. The second-order valence-corrected chi connectivity index (χ2v) is 18.1. The number of fused-ring (bicyclic) bond motifs is 8. The molecule has 2 aliphatic carbocycles. The second-order valence-electron chi connectivity index (χ2n) is 17.6. The van der Waals surface area contributed by atoms with E-state index in [1.165, 1.54) is 23.2 Å². The molecule has 4 fully saturated rings. The molecular weight excluding hydrogens is 722 g/mol. The number of carbonyl (C=O) groups excluding carboxylic acids is 3. The van der Waals surface area contributed by atoms with Gasteiger partial charge in [-0.3, -0.25) is 29.1 Å². The third-order valence-corrected chi connectivity index (χ3v) is 14.8. The van der Waals surface area contributed by atoms with E-state index in [0.29, 0.717) is 48.2 Å².